The number of benzene rings is 9. The molecule has 7 aromatic carbocycles. The van der Waals surface area contributed by atoms with Crippen molar-refractivity contribution in [1.29, 1.82) is 0 Å². The van der Waals surface area contributed by atoms with Crippen LogP contribution >= 0.6 is 191 Å². The van der Waals surface area contributed by atoms with E-state index in [9.17, 15) is 69.0 Å². The highest BCUT2D eigenvalue weighted by molar-refractivity contribution is 9.12. The minimum Gasteiger partial charge on any atom is -0.505 e. The molecule has 4 heterocycles. The smallest absolute Gasteiger partial charge is 0.340 e. The Morgan fingerprint density at radius 1 is 0.391 bits per heavy atom. The number of ether oxygens (including phenoxy) is 11. The second-order valence-electron chi connectivity index (χ2n) is 28.4. The number of carboxylic acids is 3. The number of amides is 2. The van der Waals surface area contributed by atoms with Crippen molar-refractivity contribution < 1.29 is 125 Å². The number of aromatic hydroxyl groups is 4. The number of nitrogens with one attached hydrogen (secondary N) is 2. The first-order valence-electron chi connectivity index (χ1n) is 39.1. The molecule has 7 aromatic rings. The van der Waals surface area contributed by atoms with Gasteiger partial charge >= 0.3 is 23.9 Å². The molecule has 2 aliphatic carbocycles. The van der Waals surface area contributed by atoms with Crippen molar-refractivity contribution in [3.8, 4) is 96.6 Å². The number of halogens is 12. The summed E-state index contributed by atoms with van der Waals surface area (Å²) >= 11 is 40.2. The standard InChI is InChI=1S/2C30H25Br4NO9.C26H21Br4NO8.C4H6O2/c1-14(2)29(38)35-5-6-41-7-8-42-9-10-43-15-3-4-16(30(39)40)17(11-15)22-18-12-20(31)25(36)23(33)27(18)44-28-19(22)13-21(32)26(37)24(28)34;1-14(2)29(38)35-5-6-41-7-8-42-9-10-43-15-3-4-16(17(11-15)30(39)40)22-18-12-20(31)25(36)23(33)27(18)44-28-19(22)13-21(32)26(37)24(28)34;27-17-10-15-23(19(29)21(17)32)38-24-16(11-18(28)22(33)20(24)30)26(15)14-2-1-12(9-13(14)25(34)39-26)37-8-7-36-6-5-35-4-3-31;1-3(2)4(5)6/h2*3-4,11-13,36H,1,5-10H2,2H3,(H,35,38)(H,39,40);1-2,9-11,32-33H,3-8,31H2;1H2,2H3,(H,5,6). The summed E-state index contributed by atoms with van der Waals surface area (Å²) in [5.41, 5.74) is 8.87. The van der Waals surface area contributed by atoms with Gasteiger partial charge < -0.3 is 113 Å². The Bertz CT molecular complexity index is 6370. The molecule has 0 saturated carbocycles. The predicted octanol–water partition coefficient (Wildman–Crippen LogP) is 21.0. The molecule has 0 radical (unpaired) electrons. The molecule has 0 atom stereocenters. The number of nitrogens with two attached hydrogens (primary N) is 1. The van der Waals surface area contributed by atoms with Crippen LogP contribution in [0.2, 0.25) is 0 Å². The zero-order valence-electron chi connectivity index (χ0n) is 69.8. The highest BCUT2D eigenvalue weighted by Crippen LogP contribution is 2.63. The molecule has 2 amide bonds. The van der Waals surface area contributed by atoms with Gasteiger partial charge in [0.2, 0.25) is 22.7 Å². The summed E-state index contributed by atoms with van der Waals surface area (Å²) in [5, 5.41) is 76.8. The molecular formula is C90H77Br12N3O28. The minimum absolute atomic E-state index is 0.0160. The van der Waals surface area contributed by atoms with Crippen molar-refractivity contribution in [3.63, 3.8) is 0 Å². The fourth-order valence-corrected chi connectivity index (χ4v) is 20.2. The molecule has 0 fully saturated rings. The molecule has 31 nitrogen and oxygen atoms in total. The van der Waals surface area contributed by atoms with Crippen molar-refractivity contribution in [2.24, 2.45) is 5.73 Å². The lowest BCUT2D eigenvalue weighted by Gasteiger charge is -2.37. The van der Waals surface area contributed by atoms with Crippen LogP contribution in [-0.2, 0) is 53.1 Å². The molecule has 0 unspecified atom stereocenters. The number of carbonyl (C=O) groups excluding carboxylic acids is 3. The van der Waals surface area contributed by atoms with Gasteiger partial charge in [0.05, 0.1) is 134 Å². The van der Waals surface area contributed by atoms with Gasteiger partial charge in [0.15, 0.2) is 39.8 Å². The Labute approximate surface area is 858 Å². The summed E-state index contributed by atoms with van der Waals surface area (Å²) in [6, 6.07) is 24.1. The number of phenolic OH excluding ortho intramolecular Hbond substituents is 4. The molecule has 43 heteroatoms. The molecule has 4 aliphatic heterocycles. The number of aliphatic carboxylic acids is 1. The number of esters is 1. The van der Waals surface area contributed by atoms with Crippen LogP contribution in [0.1, 0.15) is 68.5 Å². The lowest BCUT2D eigenvalue weighted by atomic mass is 9.77. The van der Waals surface area contributed by atoms with Crippen LogP contribution in [0.5, 0.6) is 51.7 Å². The lowest BCUT2D eigenvalue weighted by Crippen LogP contribution is -2.33. The molecule has 0 aromatic heterocycles. The van der Waals surface area contributed by atoms with E-state index in [0.717, 1.165) is 0 Å². The highest BCUT2D eigenvalue weighted by atomic mass is 79.9. The van der Waals surface area contributed by atoms with Gasteiger partial charge in [-0.2, -0.15) is 0 Å². The van der Waals surface area contributed by atoms with E-state index in [2.05, 4.69) is 222 Å². The van der Waals surface area contributed by atoms with Crippen molar-refractivity contribution >= 4 is 249 Å². The average Bonchev–Trinajstić information content (AvgIpc) is 1.56. The van der Waals surface area contributed by atoms with E-state index in [1.54, 1.807) is 92.7 Å². The topological polar surface area (TPSA) is 456 Å². The Hall–Kier alpha value is -8.16. The maximum atomic E-state index is 13.4. The maximum absolute atomic E-state index is 13.4. The molecule has 1 spiro atoms. The molecular weight excluding hydrogens is 2530 g/mol. The van der Waals surface area contributed by atoms with Crippen LogP contribution in [0.3, 0.4) is 0 Å². The number of fused-ring (bicyclic) bond motifs is 10. The van der Waals surface area contributed by atoms with E-state index in [0.29, 0.717) is 198 Å². The first-order chi connectivity index (χ1) is 63.2. The summed E-state index contributed by atoms with van der Waals surface area (Å²) in [5.74, 6) is -2.76. The van der Waals surface area contributed by atoms with Crippen molar-refractivity contribution in [2.75, 3.05) is 119 Å². The van der Waals surface area contributed by atoms with Gasteiger partial charge in [-0.3, -0.25) is 19.2 Å². The number of rotatable bonds is 36. The second-order valence-corrected chi connectivity index (χ2v) is 38.3. The summed E-state index contributed by atoms with van der Waals surface area (Å²) in [4.78, 5) is 96.2. The van der Waals surface area contributed by atoms with Crippen LogP contribution < -0.4 is 46.2 Å². The molecule has 0 bridgehead atoms. The first kappa shape index (κ1) is 107. The normalized spacial score (nSPS) is 12.0. The van der Waals surface area contributed by atoms with Gasteiger partial charge in [0.1, 0.15) is 86.9 Å². The highest BCUT2D eigenvalue weighted by Gasteiger charge is 2.56. The van der Waals surface area contributed by atoms with Gasteiger partial charge in [0.25, 0.3) is 0 Å². The van der Waals surface area contributed by atoms with E-state index >= 15 is 0 Å². The fourth-order valence-electron chi connectivity index (χ4n) is 13.0. The molecule has 133 heavy (non-hydrogen) atoms. The van der Waals surface area contributed by atoms with Gasteiger partial charge in [-0.15, -0.1) is 0 Å². The third kappa shape index (κ3) is 25.2. The molecule has 6 aliphatic rings. The Morgan fingerprint density at radius 2 is 0.752 bits per heavy atom. The number of hydrogen-bond donors (Lipinski definition) is 10. The second kappa shape index (κ2) is 48.7. The van der Waals surface area contributed by atoms with E-state index in [4.69, 9.17) is 71.8 Å². The van der Waals surface area contributed by atoms with Crippen LogP contribution in [0.15, 0.2) is 200 Å². The summed E-state index contributed by atoms with van der Waals surface area (Å²) in [6.45, 7) is 20.9. The van der Waals surface area contributed by atoms with Crippen LogP contribution in [0, 0.1) is 0 Å². The number of carboxylic acid groups (broad SMARTS) is 3. The average molecular weight is 2610 g/mol. The number of phenols is 4. The Morgan fingerprint density at radius 3 is 1.16 bits per heavy atom. The SMILES string of the molecule is C=C(C)C(=O)NCCOCCOCCOc1ccc(-c2c3cc(Br)c(=O)c(Br)c-3oc3c(Br)c(O)c(Br)cc23)c(C(=O)O)c1.C=C(C)C(=O)NCCOCCOCCOc1ccc(C(=O)O)c(-c2c3cc(Br)c(=O)c(Br)c-3oc3c(Br)c(O)c(Br)cc23)c1.C=C(C)C(=O)O.NCCOCCOCCOc1ccc2c(c1)C(=O)OC21c2cc(Br)c(O)c(Br)c2Oc2c1cc(Br)c(O)c2Br. The quantitative estimate of drug-likeness (QED) is 0.00754. The van der Waals surface area contributed by atoms with Crippen LogP contribution in [0.25, 0.3) is 66.8 Å². The molecule has 11 N–H and O–H groups in total. The monoisotopic (exact) mass is 2590 g/mol. The Balaban J connectivity index is 0.000000200. The predicted molar refractivity (Wildman–Crippen MR) is 535 cm³/mol. The summed E-state index contributed by atoms with van der Waals surface area (Å²) in [7, 11) is 0. The first-order valence-corrected chi connectivity index (χ1v) is 48.7. The van der Waals surface area contributed by atoms with Crippen LogP contribution in [0.4, 0.5) is 0 Å². The maximum Gasteiger partial charge on any atom is 0.340 e. The van der Waals surface area contributed by atoms with E-state index in [1.165, 1.54) is 19.1 Å². The van der Waals surface area contributed by atoms with Crippen molar-refractivity contribution in [1.82, 2.24) is 10.6 Å². The van der Waals surface area contributed by atoms with E-state index in [1.807, 2.05) is 0 Å². The lowest BCUT2D eigenvalue weighted by molar-refractivity contribution is -0.132. The zero-order chi connectivity index (χ0) is 97.3. The number of aromatic carboxylic acids is 2. The zero-order valence-corrected chi connectivity index (χ0v) is 88.9. The molecule has 704 valence electrons. The van der Waals surface area contributed by atoms with E-state index in [-0.39, 0.29) is 165 Å². The molecule has 13 rings (SSSR count). The summed E-state index contributed by atoms with van der Waals surface area (Å²) < 4.78 is 77.8. The van der Waals surface area contributed by atoms with Gasteiger partial charge in [-0.05, 0) is 308 Å². The Kier molecular flexibility index (Phi) is 39.2. The van der Waals surface area contributed by atoms with Gasteiger partial charge in [-0.25, -0.2) is 19.2 Å². The third-order valence-electron chi connectivity index (χ3n) is 19.2. The van der Waals surface area contributed by atoms with Crippen LogP contribution in [-0.4, -0.2) is 190 Å². The fraction of sp³-hybridized carbons (Fsp3) is 0.244. The van der Waals surface area contributed by atoms with E-state index < -0.39 is 29.5 Å². The third-order valence-corrected chi connectivity index (χ3v) is 27.2. The molecule has 0 saturated heterocycles. The largest absolute Gasteiger partial charge is 0.505 e. The minimum atomic E-state index is -1.45. The van der Waals surface area contributed by atoms with Crippen molar-refractivity contribution in [2.45, 2.75) is 26.4 Å². The number of carbonyl (C=O) groups is 6. The van der Waals surface area contributed by atoms with Gasteiger partial charge in [0, 0.05) is 80.5 Å². The number of hydrogen-bond acceptors (Lipinski definition) is 26. The van der Waals surface area contributed by atoms with Crippen molar-refractivity contribution in [3.05, 3.63) is 235 Å². The summed E-state index contributed by atoms with van der Waals surface area (Å²) in [6.07, 6.45) is 0. The van der Waals surface area contributed by atoms with Gasteiger partial charge in [-0.1, -0.05) is 19.7 Å².